The third-order valence-electron chi connectivity index (χ3n) is 3.34. The van der Waals surface area contributed by atoms with E-state index in [1.165, 1.54) is 5.56 Å². The minimum Gasteiger partial charge on any atom is -0.322 e. The van der Waals surface area contributed by atoms with Gasteiger partial charge in [-0.1, -0.05) is 6.07 Å². The van der Waals surface area contributed by atoms with E-state index in [2.05, 4.69) is 10.3 Å². The van der Waals surface area contributed by atoms with Crippen LogP contribution in [0.5, 0.6) is 0 Å². The maximum absolute atomic E-state index is 12.3. The maximum Gasteiger partial charge on any atom is 0.320 e. The molecule has 0 aromatic carbocycles. The summed E-state index contributed by atoms with van der Waals surface area (Å²) < 4.78 is 0. The Hall–Kier alpha value is -1.62. The molecule has 1 saturated heterocycles. The second kappa shape index (κ2) is 4.33. The van der Waals surface area contributed by atoms with Crippen molar-refractivity contribution >= 4 is 6.03 Å². The molecule has 0 spiro atoms. The lowest BCUT2D eigenvalue weighted by Crippen LogP contribution is -2.50. The molecular weight excluding hydrogens is 216 g/mol. The van der Waals surface area contributed by atoms with Gasteiger partial charge in [0.1, 0.15) is 0 Å². The quantitative estimate of drug-likeness (QED) is 0.705. The highest BCUT2D eigenvalue weighted by Crippen LogP contribution is 2.21. The van der Waals surface area contributed by atoms with Crippen LogP contribution in [-0.4, -0.2) is 47.0 Å². The molecular formula is C12H16N4O. The van der Waals surface area contributed by atoms with Gasteiger partial charge in [-0.05, 0) is 11.6 Å². The van der Waals surface area contributed by atoms with Crippen LogP contribution in [0.15, 0.2) is 18.3 Å². The van der Waals surface area contributed by atoms with E-state index in [1.54, 1.807) is 6.20 Å². The van der Waals surface area contributed by atoms with E-state index in [4.69, 9.17) is 0 Å². The van der Waals surface area contributed by atoms with Crippen molar-refractivity contribution in [2.45, 2.75) is 13.1 Å². The summed E-state index contributed by atoms with van der Waals surface area (Å²) in [5.41, 5.74) is 2.21. The summed E-state index contributed by atoms with van der Waals surface area (Å²) in [7, 11) is 0. The number of pyridine rings is 1. The molecule has 1 aromatic rings. The number of nitrogens with zero attached hydrogens (tertiary/aromatic N) is 3. The molecule has 3 rings (SSSR count). The Labute approximate surface area is 100 Å². The number of rotatable bonds is 0. The first-order chi connectivity index (χ1) is 8.34. The first-order valence-corrected chi connectivity index (χ1v) is 6.02. The van der Waals surface area contributed by atoms with Gasteiger partial charge in [0, 0.05) is 38.9 Å². The number of amides is 2. The average molecular weight is 232 g/mol. The molecule has 0 bridgehead atoms. The second-order valence-electron chi connectivity index (χ2n) is 4.48. The Kier molecular flexibility index (Phi) is 2.68. The minimum atomic E-state index is 0.143. The molecule has 90 valence electrons. The van der Waals surface area contributed by atoms with E-state index in [0.717, 1.165) is 31.9 Å². The fraction of sp³-hybridized carbons (Fsp3) is 0.500. The molecule has 0 aliphatic carbocycles. The topological polar surface area (TPSA) is 48.5 Å². The van der Waals surface area contributed by atoms with Crippen LogP contribution in [-0.2, 0) is 13.1 Å². The number of nitrogens with one attached hydrogen (secondary N) is 1. The molecule has 1 aromatic heterocycles. The van der Waals surface area contributed by atoms with Gasteiger partial charge in [0.25, 0.3) is 0 Å². The third-order valence-corrected chi connectivity index (χ3v) is 3.34. The van der Waals surface area contributed by atoms with Gasteiger partial charge in [-0.2, -0.15) is 0 Å². The fourth-order valence-electron chi connectivity index (χ4n) is 2.39. The molecule has 5 nitrogen and oxygen atoms in total. The van der Waals surface area contributed by atoms with Crippen molar-refractivity contribution in [3.05, 3.63) is 29.6 Å². The van der Waals surface area contributed by atoms with Crippen LogP contribution < -0.4 is 5.32 Å². The number of carbonyl (C=O) groups is 1. The predicted octanol–water partition coefficient (Wildman–Crippen LogP) is 0.422. The third kappa shape index (κ3) is 1.98. The zero-order chi connectivity index (χ0) is 11.7. The van der Waals surface area contributed by atoms with Gasteiger partial charge in [0.2, 0.25) is 0 Å². The van der Waals surface area contributed by atoms with Gasteiger partial charge in [-0.3, -0.25) is 4.98 Å². The average Bonchev–Trinajstić information content (AvgIpc) is 2.82. The first-order valence-electron chi connectivity index (χ1n) is 6.02. The SMILES string of the molecule is O=C(N1CCNCC1)N1Cc2cccnc2C1. The maximum atomic E-state index is 12.3. The van der Waals surface area contributed by atoms with Gasteiger partial charge < -0.3 is 15.1 Å². The van der Waals surface area contributed by atoms with Crippen LogP contribution >= 0.6 is 0 Å². The van der Waals surface area contributed by atoms with Crippen LogP contribution in [0.25, 0.3) is 0 Å². The van der Waals surface area contributed by atoms with Gasteiger partial charge in [0.05, 0.1) is 12.2 Å². The van der Waals surface area contributed by atoms with Crippen molar-refractivity contribution in [3.63, 3.8) is 0 Å². The monoisotopic (exact) mass is 232 g/mol. The zero-order valence-electron chi connectivity index (χ0n) is 9.72. The van der Waals surface area contributed by atoms with E-state index in [9.17, 15) is 4.79 Å². The summed E-state index contributed by atoms with van der Waals surface area (Å²) in [6.45, 7) is 4.75. The predicted molar refractivity (Wildman–Crippen MR) is 63.3 cm³/mol. The lowest BCUT2D eigenvalue weighted by atomic mass is 10.2. The van der Waals surface area contributed by atoms with Crippen molar-refractivity contribution in [2.24, 2.45) is 0 Å². The molecule has 2 aliphatic heterocycles. The Balaban J connectivity index is 1.69. The van der Waals surface area contributed by atoms with Gasteiger partial charge in [-0.25, -0.2) is 4.79 Å². The number of fused-ring (bicyclic) bond motifs is 1. The smallest absolute Gasteiger partial charge is 0.320 e. The molecule has 3 heterocycles. The van der Waals surface area contributed by atoms with Crippen molar-refractivity contribution < 1.29 is 4.79 Å². The highest BCUT2D eigenvalue weighted by molar-refractivity contribution is 5.75. The molecule has 0 atom stereocenters. The van der Waals surface area contributed by atoms with E-state index >= 15 is 0 Å². The van der Waals surface area contributed by atoms with Gasteiger partial charge >= 0.3 is 6.03 Å². The van der Waals surface area contributed by atoms with Crippen LogP contribution in [0.1, 0.15) is 11.3 Å². The molecule has 5 heteroatoms. The summed E-state index contributed by atoms with van der Waals surface area (Å²) in [5, 5.41) is 3.25. The van der Waals surface area contributed by atoms with Crippen LogP contribution in [0.2, 0.25) is 0 Å². The lowest BCUT2D eigenvalue weighted by Gasteiger charge is -2.31. The number of piperazine rings is 1. The number of aromatic nitrogens is 1. The van der Waals surface area contributed by atoms with Gasteiger partial charge in [0.15, 0.2) is 0 Å². The van der Waals surface area contributed by atoms with Crippen LogP contribution in [0, 0.1) is 0 Å². The highest BCUT2D eigenvalue weighted by atomic mass is 16.2. The molecule has 17 heavy (non-hydrogen) atoms. The molecule has 2 amide bonds. The summed E-state index contributed by atoms with van der Waals surface area (Å²) in [4.78, 5) is 20.4. The number of hydrogen-bond donors (Lipinski definition) is 1. The number of carbonyl (C=O) groups excluding carboxylic acids is 1. The first kappa shape index (κ1) is 10.5. The molecule has 1 N–H and O–H groups in total. The normalized spacial score (nSPS) is 19.3. The Morgan fingerprint density at radius 2 is 2.06 bits per heavy atom. The minimum absolute atomic E-state index is 0.143. The van der Waals surface area contributed by atoms with Crippen LogP contribution in [0.3, 0.4) is 0 Å². The molecule has 0 saturated carbocycles. The largest absolute Gasteiger partial charge is 0.322 e. The Morgan fingerprint density at radius 1 is 1.24 bits per heavy atom. The fourth-order valence-corrected chi connectivity index (χ4v) is 2.39. The standard InChI is InChI=1S/C12H16N4O/c17-12(15-6-4-13-5-7-15)16-8-10-2-1-3-14-11(10)9-16/h1-3,13H,4-9H2. The molecule has 0 radical (unpaired) electrons. The lowest BCUT2D eigenvalue weighted by molar-refractivity contribution is 0.146. The van der Waals surface area contributed by atoms with Crippen molar-refractivity contribution in [2.75, 3.05) is 26.2 Å². The summed E-state index contributed by atoms with van der Waals surface area (Å²) in [5.74, 6) is 0. The Morgan fingerprint density at radius 3 is 2.82 bits per heavy atom. The van der Waals surface area contributed by atoms with Crippen molar-refractivity contribution in [3.8, 4) is 0 Å². The second-order valence-corrected chi connectivity index (χ2v) is 4.48. The number of hydrogen-bond acceptors (Lipinski definition) is 3. The molecule has 0 unspecified atom stereocenters. The van der Waals surface area contributed by atoms with E-state index in [-0.39, 0.29) is 6.03 Å². The van der Waals surface area contributed by atoms with E-state index < -0.39 is 0 Å². The van der Waals surface area contributed by atoms with E-state index in [1.807, 2.05) is 21.9 Å². The molecule has 2 aliphatic rings. The highest BCUT2D eigenvalue weighted by Gasteiger charge is 2.28. The zero-order valence-corrected chi connectivity index (χ0v) is 9.72. The van der Waals surface area contributed by atoms with E-state index in [0.29, 0.717) is 13.1 Å². The molecule has 1 fully saturated rings. The summed E-state index contributed by atoms with van der Waals surface area (Å²) >= 11 is 0. The van der Waals surface area contributed by atoms with Crippen LogP contribution in [0.4, 0.5) is 4.79 Å². The van der Waals surface area contributed by atoms with Gasteiger partial charge in [-0.15, -0.1) is 0 Å². The summed E-state index contributed by atoms with van der Waals surface area (Å²) in [6, 6.07) is 4.12. The van der Waals surface area contributed by atoms with Crippen molar-refractivity contribution in [1.82, 2.24) is 20.1 Å². The Bertz CT molecular complexity index is 403. The number of urea groups is 1. The summed E-state index contributed by atoms with van der Waals surface area (Å²) in [6.07, 6.45) is 1.79. The van der Waals surface area contributed by atoms with Crippen molar-refractivity contribution in [1.29, 1.82) is 0 Å².